The van der Waals surface area contributed by atoms with Crippen molar-refractivity contribution in [2.75, 3.05) is 5.43 Å². The van der Waals surface area contributed by atoms with Crippen molar-refractivity contribution in [3.8, 4) is 0 Å². The van der Waals surface area contributed by atoms with Gasteiger partial charge in [0, 0.05) is 5.02 Å². The van der Waals surface area contributed by atoms with Crippen LogP contribution in [0, 0.1) is 18.6 Å². The van der Waals surface area contributed by atoms with Crippen molar-refractivity contribution in [2.24, 2.45) is 5.10 Å². The van der Waals surface area contributed by atoms with Crippen molar-refractivity contribution in [3.05, 3.63) is 64.2 Å². The summed E-state index contributed by atoms with van der Waals surface area (Å²) in [6, 6.07) is 9.02. The molecule has 0 saturated carbocycles. The molecule has 0 aliphatic rings. The van der Waals surface area contributed by atoms with Gasteiger partial charge in [-0.2, -0.15) is 5.10 Å². The molecule has 20 heavy (non-hydrogen) atoms. The highest BCUT2D eigenvalue weighted by Gasteiger charge is 2.11. The summed E-state index contributed by atoms with van der Waals surface area (Å²) >= 11 is 5.99. The largest absolute Gasteiger partial charge is 0.278 e. The van der Waals surface area contributed by atoms with E-state index >= 15 is 0 Å². The lowest BCUT2D eigenvalue weighted by atomic mass is 10.1. The molecule has 2 rings (SSSR count). The van der Waals surface area contributed by atoms with Gasteiger partial charge in [0.05, 0.1) is 17.0 Å². The van der Waals surface area contributed by atoms with Crippen molar-refractivity contribution in [2.45, 2.75) is 13.8 Å². The molecule has 0 heterocycles. The minimum absolute atomic E-state index is 0.141. The molecule has 0 aromatic heterocycles. The second-order valence-electron chi connectivity index (χ2n) is 4.37. The number of rotatable bonds is 3. The Labute approximate surface area is 121 Å². The number of nitrogens with one attached hydrogen (secondary N) is 1. The number of hydrazone groups is 1. The van der Waals surface area contributed by atoms with Crippen LogP contribution in [0.15, 0.2) is 41.5 Å². The molecule has 0 fully saturated rings. The van der Waals surface area contributed by atoms with Gasteiger partial charge in [-0.15, -0.1) is 0 Å². The minimum atomic E-state index is -0.644. The summed E-state index contributed by atoms with van der Waals surface area (Å²) in [5.74, 6) is -1.29. The molecule has 5 heteroatoms. The van der Waals surface area contributed by atoms with Crippen LogP contribution in [0.1, 0.15) is 18.1 Å². The highest BCUT2D eigenvalue weighted by atomic mass is 35.5. The number of aryl methyl sites for hydroxylation is 1. The highest BCUT2D eigenvalue weighted by molar-refractivity contribution is 6.31. The van der Waals surface area contributed by atoms with Crippen molar-refractivity contribution in [1.29, 1.82) is 0 Å². The van der Waals surface area contributed by atoms with Gasteiger partial charge in [-0.25, -0.2) is 8.78 Å². The Morgan fingerprint density at radius 2 is 1.80 bits per heavy atom. The predicted molar refractivity (Wildman–Crippen MR) is 78.4 cm³/mol. The summed E-state index contributed by atoms with van der Waals surface area (Å²) in [7, 11) is 0. The zero-order valence-corrected chi connectivity index (χ0v) is 11.8. The van der Waals surface area contributed by atoms with Crippen molar-refractivity contribution in [1.82, 2.24) is 0 Å². The van der Waals surface area contributed by atoms with Crippen molar-refractivity contribution < 1.29 is 8.78 Å². The van der Waals surface area contributed by atoms with E-state index in [1.807, 2.05) is 13.0 Å². The Balaban J connectivity index is 2.25. The Hall–Kier alpha value is -1.94. The molecule has 1 N–H and O–H groups in total. The van der Waals surface area contributed by atoms with Gasteiger partial charge in [0.15, 0.2) is 0 Å². The van der Waals surface area contributed by atoms with Gasteiger partial charge < -0.3 is 0 Å². The average molecular weight is 295 g/mol. The lowest BCUT2D eigenvalue weighted by molar-refractivity contribution is 0.579. The minimum Gasteiger partial charge on any atom is -0.278 e. The molecular weight excluding hydrogens is 282 g/mol. The van der Waals surface area contributed by atoms with Gasteiger partial charge >= 0.3 is 0 Å². The first kappa shape index (κ1) is 14.5. The molecule has 0 radical (unpaired) electrons. The predicted octanol–water partition coefficient (Wildman–Crippen LogP) is 4.76. The van der Waals surface area contributed by atoms with Gasteiger partial charge in [-0.3, -0.25) is 5.43 Å². The standard InChI is InChI=1S/C15H13ClF2N2/c1-9-6-7-11(8-12(9)16)20-19-10(2)15-13(17)4-3-5-14(15)18/h3-8,20H,1-2H3/b19-10-. The third-order valence-corrected chi connectivity index (χ3v) is 3.26. The fourth-order valence-corrected chi connectivity index (χ4v) is 1.89. The van der Waals surface area contributed by atoms with Gasteiger partial charge in [-0.05, 0) is 43.7 Å². The molecule has 2 aromatic rings. The van der Waals surface area contributed by atoms with Crippen LogP contribution < -0.4 is 5.43 Å². The zero-order chi connectivity index (χ0) is 14.7. The van der Waals surface area contributed by atoms with Crippen LogP contribution in [0.4, 0.5) is 14.5 Å². The summed E-state index contributed by atoms with van der Waals surface area (Å²) in [5.41, 5.74) is 4.41. The summed E-state index contributed by atoms with van der Waals surface area (Å²) in [6.45, 7) is 3.42. The van der Waals surface area contributed by atoms with Crippen LogP contribution >= 0.6 is 11.6 Å². The number of anilines is 1. The number of halogens is 3. The molecule has 2 nitrogen and oxygen atoms in total. The maximum absolute atomic E-state index is 13.6. The van der Waals surface area contributed by atoms with Crippen molar-refractivity contribution >= 4 is 23.0 Å². The molecule has 0 aliphatic carbocycles. The number of hydrogen-bond acceptors (Lipinski definition) is 2. The van der Waals surface area contributed by atoms with E-state index in [9.17, 15) is 8.78 Å². The second-order valence-corrected chi connectivity index (χ2v) is 4.78. The molecule has 104 valence electrons. The SMILES string of the molecule is C/C(=N/Nc1ccc(C)c(Cl)c1)c1c(F)cccc1F. The van der Waals surface area contributed by atoms with E-state index in [0.717, 1.165) is 5.56 Å². The molecule has 0 atom stereocenters. The normalized spacial score (nSPS) is 11.6. The number of hydrogen-bond donors (Lipinski definition) is 1. The molecule has 0 spiro atoms. The third-order valence-electron chi connectivity index (χ3n) is 2.85. The first-order valence-electron chi connectivity index (χ1n) is 6.00. The topological polar surface area (TPSA) is 24.4 Å². The first-order chi connectivity index (χ1) is 9.49. The summed E-state index contributed by atoms with van der Waals surface area (Å²) in [5, 5.41) is 4.58. The maximum Gasteiger partial charge on any atom is 0.135 e. The average Bonchev–Trinajstić information content (AvgIpc) is 2.40. The van der Waals surface area contributed by atoms with Crippen molar-refractivity contribution in [3.63, 3.8) is 0 Å². The van der Waals surface area contributed by atoms with E-state index in [1.54, 1.807) is 12.1 Å². The monoisotopic (exact) mass is 294 g/mol. The summed E-state index contributed by atoms with van der Waals surface area (Å²) < 4.78 is 27.1. The smallest absolute Gasteiger partial charge is 0.135 e. The first-order valence-corrected chi connectivity index (χ1v) is 6.37. The number of benzene rings is 2. The fraction of sp³-hybridized carbons (Fsp3) is 0.133. The Kier molecular flexibility index (Phi) is 4.35. The third kappa shape index (κ3) is 3.14. The summed E-state index contributed by atoms with van der Waals surface area (Å²) in [6.07, 6.45) is 0. The quantitative estimate of drug-likeness (QED) is 0.640. The summed E-state index contributed by atoms with van der Waals surface area (Å²) in [4.78, 5) is 0. The zero-order valence-electron chi connectivity index (χ0n) is 11.0. The molecule has 0 aliphatic heterocycles. The van der Waals surface area contributed by atoms with E-state index in [-0.39, 0.29) is 11.3 Å². The highest BCUT2D eigenvalue weighted by Crippen LogP contribution is 2.20. The lowest BCUT2D eigenvalue weighted by Crippen LogP contribution is -2.05. The molecule has 0 amide bonds. The molecule has 2 aromatic carbocycles. The van der Waals surface area contributed by atoms with E-state index in [1.165, 1.54) is 25.1 Å². The molecule has 0 unspecified atom stereocenters. The van der Waals surface area contributed by atoms with Gasteiger partial charge in [0.1, 0.15) is 11.6 Å². The van der Waals surface area contributed by atoms with E-state index in [4.69, 9.17) is 11.6 Å². The Morgan fingerprint density at radius 3 is 2.40 bits per heavy atom. The van der Waals surface area contributed by atoms with E-state index in [0.29, 0.717) is 10.7 Å². The van der Waals surface area contributed by atoms with Crippen LogP contribution in [-0.2, 0) is 0 Å². The lowest BCUT2D eigenvalue weighted by Gasteiger charge is -2.07. The fourth-order valence-electron chi connectivity index (χ4n) is 1.71. The van der Waals surface area contributed by atoms with Gasteiger partial charge in [-0.1, -0.05) is 23.7 Å². The molecular formula is C15H13ClF2N2. The van der Waals surface area contributed by atoms with Crippen LogP contribution in [-0.4, -0.2) is 5.71 Å². The van der Waals surface area contributed by atoms with E-state index < -0.39 is 11.6 Å². The van der Waals surface area contributed by atoms with Gasteiger partial charge in [0.2, 0.25) is 0 Å². The van der Waals surface area contributed by atoms with E-state index in [2.05, 4.69) is 10.5 Å². The Bertz CT molecular complexity index is 649. The maximum atomic E-state index is 13.6. The second kappa shape index (κ2) is 6.01. The van der Waals surface area contributed by atoms with Gasteiger partial charge in [0.25, 0.3) is 0 Å². The molecule has 0 bridgehead atoms. The van der Waals surface area contributed by atoms with Crippen LogP contribution in [0.2, 0.25) is 5.02 Å². The van der Waals surface area contributed by atoms with Crippen LogP contribution in [0.5, 0.6) is 0 Å². The van der Waals surface area contributed by atoms with Crippen LogP contribution in [0.3, 0.4) is 0 Å². The number of nitrogens with zero attached hydrogens (tertiary/aromatic N) is 1. The molecule has 0 saturated heterocycles. The van der Waals surface area contributed by atoms with Crippen LogP contribution in [0.25, 0.3) is 0 Å². The Morgan fingerprint density at radius 1 is 1.15 bits per heavy atom.